The topological polar surface area (TPSA) is 29.9 Å². The maximum atomic E-state index is 4.56. The van der Waals surface area contributed by atoms with Gasteiger partial charge in [-0.05, 0) is 48.9 Å². The second-order valence-electron chi connectivity index (χ2n) is 6.18. The lowest BCUT2D eigenvalue weighted by Gasteiger charge is -2.24. The second-order valence-corrected chi connectivity index (χ2v) is 6.18. The van der Waals surface area contributed by atoms with Crippen LogP contribution in [0.4, 0.5) is 0 Å². The number of nitrogens with zero attached hydrogens (tertiary/aromatic N) is 2. The summed E-state index contributed by atoms with van der Waals surface area (Å²) in [6.07, 6.45) is 6.64. The molecule has 2 aromatic rings. The van der Waals surface area contributed by atoms with Crippen LogP contribution in [0, 0.1) is 5.92 Å². The summed E-state index contributed by atoms with van der Waals surface area (Å²) in [7, 11) is 1.99. The first-order chi connectivity index (χ1) is 10.3. The molecule has 0 fully saturated rings. The van der Waals surface area contributed by atoms with Crippen molar-refractivity contribution in [2.24, 2.45) is 13.0 Å². The molecule has 1 atom stereocenters. The maximum Gasteiger partial charge on any atom is 0.0640 e. The summed E-state index contributed by atoms with van der Waals surface area (Å²) < 4.78 is 1.90. The molecule has 0 radical (unpaired) electrons. The number of hydrogen-bond acceptors (Lipinski definition) is 2. The highest BCUT2D eigenvalue weighted by Gasteiger charge is 2.28. The smallest absolute Gasteiger partial charge is 0.0640 e. The number of rotatable bonds is 6. The molecule has 0 bridgehead atoms. The molecular formula is C18H25N3. The van der Waals surface area contributed by atoms with Crippen LogP contribution < -0.4 is 5.32 Å². The summed E-state index contributed by atoms with van der Waals surface area (Å²) in [6.45, 7) is 3.32. The third-order valence-corrected chi connectivity index (χ3v) is 4.51. The standard InChI is InChI=1S/C18H25N3/c1-3-9-19-18(13-17-8-10-21(2)20-17)16-11-14-6-4-5-7-15(14)12-16/h4-8,10,16,18-19H,3,9,11-13H2,1-2H3. The molecule has 0 spiro atoms. The minimum Gasteiger partial charge on any atom is -0.313 e. The molecule has 0 saturated heterocycles. The zero-order chi connectivity index (χ0) is 14.7. The highest BCUT2D eigenvalue weighted by atomic mass is 15.2. The van der Waals surface area contributed by atoms with Gasteiger partial charge in [-0.3, -0.25) is 4.68 Å². The van der Waals surface area contributed by atoms with Gasteiger partial charge in [0, 0.05) is 25.7 Å². The number of nitrogens with one attached hydrogen (secondary N) is 1. The van der Waals surface area contributed by atoms with E-state index in [9.17, 15) is 0 Å². The minimum atomic E-state index is 0.521. The Morgan fingerprint density at radius 1 is 1.24 bits per heavy atom. The Labute approximate surface area is 127 Å². The van der Waals surface area contributed by atoms with E-state index in [1.54, 1.807) is 0 Å². The number of hydrogen-bond donors (Lipinski definition) is 1. The molecule has 3 rings (SSSR count). The first kappa shape index (κ1) is 14.3. The third-order valence-electron chi connectivity index (χ3n) is 4.51. The van der Waals surface area contributed by atoms with Crippen LogP contribution >= 0.6 is 0 Å². The van der Waals surface area contributed by atoms with Gasteiger partial charge in [0.1, 0.15) is 0 Å². The molecule has 3 heteroatoms. The summed E-state index contributed by atoms with van der Waals surface area (Å²) in [5, 5.41) is 8.31. The Kier molecular flexibility index (Phi) is 4.39. The van der Waals surface area contributed by atoms with Gasteiger partial charge in [0.25, 0.3) is 0 Å². The molecule has 1 aromatic carbocycles. The molecule has 1 unspecified atom stereocenters. The van der Waals surface area contributed by atoms with E-state index in [2.05, 4.69) is 47.7 Å². The van der Waals surface area contributed by atoms with Crippen molar-refractivity contribution in [2.75, 3.05) is 6.54 Å². The van der Waals surface area contributed by atoms with E-state index in [1.807, 2.05) is 17.9 Å². The molecule has 1 aliphatic carbocycles. The Bertz CT molecular complexity index is 563. The van der Waals surface area contributed by atoms with Crippen LogP contribution in [-0.2, 0) is 26.3 Å². The number of aryl methyl sites for hydroxylation is 1. The molecule has 1 heterocycles. The molecule has 1 aliphatic rings. The highest BCUT2D eigenvalue weighted by molar-refractivity contribution is 5.32. The Morgan fingerprint density at radius 3 is 2.52 bits per heavy atom. The van der Waals surface area contributed by atoms with Crippen molar-refractivity contribution >= 4 is 0 Å². The zero-order valence-corrected chi connectivity index (χ0v) is 13.0. The van der Waals surface area contributed by atoms with E-state index < -0.39 is 0 Å². The van der Waals surface area contributed by atoms with Gasteiger partial charge in [-0.1, -0.05) is 31.2 Å². The highest BCUT2D eigenvalue weighted by Crippen LogP contribution is 2.29. The lowest BCUT2D eigenvalue weighted by molar-refractivity contribution is 0.359. The normalized spacial score (nSPS) is 16.1. The lowest BCUT2D eigenvalue weighted by atomic mass is 9.92. The molecule has 112 valence electrons. The molecule has 21 heavy (non-hydrogen) atoms. The molecular weight excluding hydrogens is 258 g/mol. The SMILES string of the molecule is CCCNC(Cc1ccn(C)n1)C1Cc2ccccc2C1. The van der Waals surface area contributed by atoms with Gasteiger partial charge in [-0.15, -0.1) is 0 Å². The fourth-order valence-electron chi connectivity index (χ4n) is 3.41. The first-order valence-electron chi connectivity index (χ1n) is 8.05. The lowest BCUT2D eigenvalue weighted by Crippen LogP contribution is -2.39. The van der Waals surface area contributed by atoms with Crippen LogP contribution in [-0.4, -0.2) is 22.4 Å². The minimum absolute atomic E-state index is 0.521. The van der Waals surface area contributed by atoms with E-state index in [1.165, 1.54) is 36.1 Å². The fraction of sp³-hybridized carbons (Fsp3) is 0.500. The maximum absolute atomic E-state index is 4.56. The largest absolute Gasteiger partial charge is 0.313 e. The number of fused-ring (bicyclic) bond motifs is 1. The quantitative estimate of drug-likeness (QED) is 0.883. The van der Waals surface area contributed by atoms with Crippen molar-refractivity contribution in [3.63, 3.8) is 0 Å². The van der Waals surface area contributed by atoms with Crippen LogP contribution in [0.3, 0.4) is 0 Å². The Morgan fingerprint density at radius 2 is 1.95 bits per heavy atom. The van der Waals surface area contributed by atoms with Crippen LogP contribution in [0.15, 0.2) is 36.5 Å². The van der Waals surface area contributed by atoms with Crippen LogP contribution in [0.1, 0.15) is 30.2 Å². The molecule has 1 N–H and O–H groups in total. The van der Waals surface area contributed by atoms with Crippen LogP contribution in [0.5, 0.6) is 0 Å². The van der Waals surface area contributed by atoms with Crippen molar-refractivity contribution < 1.29 is 0 Å². The summed E-state index contributed by atoms with van der Waals surface area (Å²) >= 11 is 0. The molecule has 0 saturated carbocycles. The first-order valence-corrected chi connectivity index (χ1v) is 8.05. The van der Waals surface area contributed by atoms with Crippen molar-refractivity contribution in [2.45, 2.75) is 38.6 Å². The third kappa shape index (κ3) is 3.35. The van der Waals surface area contributed by atoms with Crippen molar-refractivity contribution in [1.29, 1.82) is 0 Å². The summed E-state index contributed by atoms with van der Waals surface area (Å²) in [5.41, 5.74) is 4.26. The van der Waals surface area contributed by atoms with E-state index in [0.29, 0.717) is 12.0 Å². The molecule has 0 amide bonds. The summed E-state index contributed by atoms with van der Waals surface area (Å²) in [5.74, 6) is 0.691. The molecule has 0 aliphatic heterocycles. The fourth-order valence-corrected chi connectivity index (χ4v) is 3.41. The van der Waals surface area contributed by atoms with Crippen molar-refractivity contribution in [3.8, 4) is 0 Å². The van der Waals surface area contributed by atoms with Gasteiger partial charge in [0.2, 0.25) is 0 Å². The van der Waals surface area contributed by atoms with Gasteiger partial charge in [-0.25, -0.2) is 0 Å². The van der Waals surface area contributed by atoms with E-state index >= 15 is 0 Å². The van der Waals surface area contributed by atoms with Gasteiger partial charge in [0.05, 0.1) is 5.69 Å². The van der Waals surface area contributed by atoms with Gasteiger partial charge >= 0.3 is 0 Å². The van der Waals surface area contributed by atoms with Crippen molar-refractivity contribution in [1.82, 2.24) is 15.1 Å². The van der Waals surface area contributed by atoms with E-state index in [-0.39, 0.29) is 0 Å². The second kappa shape index (κ2) is 6.44. The van der Waals surface area contributed by atoms with Gasteiger partial charge in [-0.2, -0.15) is 5.10 Å². The van der Waals surface area contributed by atoms with Crippen molar-refractivity contribution in [3.05, 3.63) is 53.3 Å². The Balaban J connectivity index is 1.71. The summed E-state index contributed by atoms with van der Waals surface area (Å²) in [6, 6.07) is 11.6. The average molecular weight is 283 g/mol. The van der Waals surface area contributed by atoms with Crippen LogP contribution in [0.25, 0.3) is 0 Å². The Hall–Kier alpha value is -1.61. The zero-order valence-electron chi connectivity index (χ0n) is 13.0. The predicted octanol–water partition coefficient (Wildman–Crippen LogP) is 2.75. The summed E-state index contributed by atoms with van der Waals surface area (Å²) in [4.78, 5) is 0. The number of benzene rings is 1. The monoisotopic (exact) mass is 283 g/mol. The predicted molar refractivity (Wildman–Crippen MR) is 86.3 cm³/mol. The van der Waals surface area contributed by atoms with Crippen LogP contribution in [0.2, 0.25) is 0 Å². The van der Waals surface area contributed by atoms with Gasteiger partial charge < -0.3 is 5.32 Å². The van der Waals surface area contributed by atoms with E-state index in [0.717, 1.165) is 13.0 Å². The average Bonchev–Trinajstić information content (AvgIpc) is 3.09. The van der Waals surface area contributed by atoms with Gasteiger partial charge in [0.15, 0.2) is 0 Å². The molecule has 1 aromatic heterocycles. The number of aromatic nitrogens is 2. The molecule has 3 nitrogen and oxygen atoms in total. The van der Waals surface area contributed by atoms with E-state index in [4.69, 9.17) is 0 Å².